The van der Waals surface area contributed by atoms with Crippen LogP contribution in [0.4, 0.5) is 0 Å². The first-order valence-corrected chi connectivity index (χ1v) is 11.9. The molecule has 1 aliphatic heterocycles. The largest absolute Gasteiger partial charge is 0.328 e. The first kappa shape index (κ1) is 21.6. The summed E-state index contributed by atoms with van der Waals surface area (Å²) in [6.07, 6.45) is 0.542. The minimum atomic E-state index is -0.184. The van der Waals surface area contributed by atoms with Gasteiger partial charge in [0.1, 0.15) is 10.7 Å². The molecule has 1 amide bonds. The van der Waals surface area contributed by atoms with Crippen molar-refractivity contribution in [2.45, 2.75) is 19.4 Å². The highest BCUT2D eigenvalue weighted by Gasteiger charge is 2.33. The monoisotopic (exact) mass is 458 g/mol. The van der Waals surface area contributed by atoms with E-state index in [1.807, 2.05) is 60.4 Å². The van der Waals surface area contributed by atoms with Gasteiger partial charge in [0.25, 0.3) is 11.5 Å². The number of thiophene rings is 1. The third kappa shape index (κ3) is 4.21. The molecule has 2 aromatic heterocycles. The zero-order valence-corrected chi connectivity index (χ0v) is 19.6. The summed E-state index contributed by atoms with van der Waals surface area (Å²) < 4.78 is 0. The molecule has 5 rings (SSSR count). The smallest absolute Gasteiger partial charge is 0.264 e. The number of hydrogen-bond acceptors (Lipinski definition) is 5. The Kier molecular flexibility index (Phi) is 5.83. The predicted octanol–water partition coefficient (Wildman–Crippen LogP) is 4.01. The summed E-state index contributed by atoms with van der Waals surface area (Å²) in [7, 11) is 2.08. The van der Waals surface area contributed by atoms with Crippen LogP contribution in [0.3, 0.4) is 0 Å². The van der Waals surface area contributed by atoms with E-state index in [4.69, 9.17) is 4.98 Å². The van der Waals surface area contributed by atoms with E-state index in [0.717, 1.165) is 24.2 Å². The van der Waals surface area contributed by atoms with Crippen molar-refractivity contribution in [2.24, 2.45) is 0 Å². The summed E-state index contributed by atoms with van der Waals surface area (Å²) in [4.78, 5) is 39.7. The van der Waals surface area contributed by atoms with Crippen LogP contribution >= 0.6 is 11.3 Å². The Labute approximate surface area is 196 Å². The molecule has 4 aromatic rings. The number of piperazine rings is 1. The average molecular weight is 459 g/mol. The molecular weight excluding hydrogens is 432 g/mol. The molecule has 7 heteroatoms. The molecule has 0 saturated carbocycles. The molecule has 0 radical (unpaired) electrons. The van der Waals surface area contributed by atoms with Crippen molar-refractivity contribution in [1.29, 1.82) is 0 Å². The number of nitrogens with zero attached hydrogens (tertiary/aromatic N) is 3. The van der Waals surface area contributed by atoms with E-state index in [1.165, 1.54) is 11.3 Å². The van der Waals surface area contributed by atoms with Crippen LogP contribution in [0.25, 0.3) is 10.2 Å². The third-order valence-corrected chi connectivity index (χ3v) is 7.46. The molecule has 6 nitrogen and oxygen atoms in total. The van der Waals surface area contributed by atoms with E-state index in [0.29, 0.717) is 39.4 Å². The number of fused-ring (bicyclic) bond motifs is 1. The second-order valence-electron chi connectivity index (χ2n) is 8.60. The second-order valence-corrected chi connectivity index (χ2v) is 9.60. The predicted molar refractivity (Wildman–Crippen MR) is 132 cm³/mol. The summed E-state index contributed by atoms with van der Waals surface area (Å²) in [6, 6.07) is 20.0. The zero-order chi connectivity index (χ0) is 22.9. The van der Waals surface area contributed by atoms with Gasteiger partial charge in [-0.25, -0.2) is 4.98 Å². The van der Waals surface area contributed by atoms with Gasteiger partial charge in [0.15, 0.2) is 0 Å². The van der Waals surface area contributed by atoms with Gasteiger partial charge in [-0.05, 0) is 30.7 Å². The van der Waals surface area contributed by atoms with Gasteiger partial charge < -0.3 is 14.8 Å². The number of aromatic nitrogens is 2. The molecule has 0 bridgehead atoms. The maximum Gasteiger partial charge on any atom is 0.264 e. The zero-order valence-electron chi connectivity index (χ0n) is 18.7. The number of carbonyl (C=O) groups is 1. The van der Waals surface area contributed by atoms with Crippen LogP contribution in [0.15, 0.2) is 65.5 Å². The highest BCUT2D eigenvalue weighted by molar-refractivity contribution is 7.20. The summed E-state index contributed by atoms with van der Waals surface area (Å²) in [5, 5.41) is 0.519. The highest BCUT2D eigenvalue weighted by Crippen LogP contribution is 2.32. The van der Waals surface area contributed by atoms with Crippen molar-refractivity contribution >= 4 is 27.5 Å². The Hall–Kier alpha value is -3.29. The lowest BCUT2D eigenvalue weighted by molar-refractivity contribution is 0.0502. The van der Waals surface area contributed by atoms with E-state index >= 15 is 0 Å². The number of H-pyrrole nitrogens is 1. The first-order valence-electron chi connectivity index (χ1n) is 11.1. The molecule has 1 N–H and O–H groups in total. The number of aryl methyl sites for hydroxylation is 1. The maximum absolute atomic E-state index is 13.7. The fourth-order valence-corrected chi connectivity index (χ4v) is 5.68. The molecule has 1 atom stereocenters. The van der Waals surface area contributed by atoms with Crippen LogP contribution in [0.5, 0.6) is 0 Å². The quantitative estimate of drug-likeness (QED) is 0.502. The molecule has 1 aliphatic rings. The normalized spacial score (nSPS) is 16.9. The number of aromatic amines is 1. The van der Waals surface area contributed by atoms with Crippen LogP contribution in [-0.4, -0.2) is 52.4 Å². The maximum atomic E-state index is 13.7. The molecular formula is C26H26N4O2S. The number of carbonyl (C=O) groups excluding carboxylic acids is 1. The van der Waals surface area contributed by atoms with E-state index in [-0.39, 0.29) is 17.5 Å². The van der Waals surface area contributed by atoms with E-state index in [2.05, 4.69) is 29.1 Å². The number of likely N-dealkylation sites (N-methyl/N-ethyl adjacent to an activating group) is 1. The number of amides is 1. The third-order valence-electron chi connectivity index (χ3n) is 6.29. The summed E-state index contributed by atoms with van der Waals surface area (Å²) in [6.45, 7) is 4.10. The Morgan fingerprint density at radius 2 is 1.79 bits per heavy atom. The lowest BCUT2D eigenvalue weighted by Gasteiger charge is -2.40. The molecule has 0 unspecified atom stereocenters. The van der Waals surface area contributed by atoms with Crippen LogP contribution < -0.4 is 5.56 Å². The minimum absolute atomic E-state index is 0.0260. The fourth-order valence-electron chi connectivity index (χ4n) is 4.52. The van der Waals surface area contributed by atoms with Crippen molar-refractivity contribution in [2.75, 3.05) is 26.7 Å². The average Bonchev–Trinajstić information content (AvgIpc) is 3.16. The van der Waals surface area contributed by atoms with Gasteiger partial charge in [-0.1, -0.05) is 60.7 Å². The molecule has 0 aliphatic carbocycles. The fraction of sp³-hybridized carbons (Fsp3) is 0.269. The molecule has 3 heterocycles. The lowest BCUT2D eigenvalue weighted by atomic mass is 10.0. The summed E-state index contributed by atoms with van der Waals surface area (Å²) in [5.41, 5.74) is 2.73. The topological polar surface area (TPSA) is 69.3 Å². The molecule has 0 spiro atoms. The van der Waals surface area contributed by atoms with E-state index in [1.54, 1.807) is 0 Å². The van der Waals surface area contributed by atoms with Crippen molar-refractivity contribution in [1.82, 2.24) is 19.8 Å². The Morgan fingerprint density at radius 3 is 2.52 bits per heavy atom. The minimum Gasteiger partial charge on any atom is -0.328 e. The molecule has 1 saturated heterocycles. The van der Waals surface area contributed by atoms with Gasteiger partial charge in [0.05, 0.1) is 16.3 Å². The van der Waals surface area contributed by atoms with Crippen molar-refractivity contribution < 1.29 is 4.79 Å². The Balaban J connectivity index is 1.51. The van der Waals surface area contributed by atoms with Crippen LogP contribution in [0, 0.1) is 6.92 Å². The number of nitrogens with one attached hydrogen (secondary N) is 1. The number of rotatable bonds is 4. The van der Waals surface area contributed by atoms with Gasteiger partial charge in [-0.2, -0.15) is 0 Å². The SMILES string of the molecule is Cc1c(C(=O)N2CCN(C)C[C@H]2c2ccccc2)sc2nc(Cc3ccccc3)[nH]c(=O)c12. The van der Waals surface area contributed by atoms with Crippen molar-refractivity contribution in [3.8, 4) is 0 Å². The van der Waals surface area contributed by atoms with Gasteiger partial charge in [-0.3, -0.25) is 9.59 Å². The first-order chi connectivity index (χ1) is 16.0. The van der Waals surface area contributed by atoms with Gasteiger partial charge in [0.2, 0.25) is 0 Å². The Morgan fingerprint density at radius 1 is 1.09 bits per heavy atom. The summed E-state index contributed by atoms with van der Waals surface area (Å²) in [5.74, 6) is 0.585. The van der Waals surface area contributed by atoms with Crippen molar-refractivity contribution in [3.63, 3.8) is 0 Å². The second kappa shape index (κ2) is 8.92. The number of benzene rings is 2. The lowest BCUT2D eigenvalue weighted by Crippen LogP contribution is -2.49. The van der Waals surface area contributed by atoms with Crippen LogP contribution in [0.1, 0.15) is 38.2 Å². The highest BCUT2D eigenvalue weighted by atomic mass is 32.1. The number of hydrogen-bond donors (Lipinski definition) is 1. The molecule has 33 heavy (non-hydrogen) atoms. The molecule has 2 aromatic carbocycles. The van der Waals surface area contributed by atoms with Crippen LogP contribution in [0.2, 0.25) is 0 Å². The summed E-state index contributed by atoms with van der Waals surface area (Å²) >= 11 is 1.33. The van der Waals surface area contributed by atoms with E-state index < -0.39 is 0 Å². The van der Waals surface area contributed by atoms with E-state index in [9.17, 15) is 9.59 Å². The van der Waals surface area contributed by atoms with Gasteiger partial charge >= 0.3 is 0 Å². The molecule has 168 valence electrons. The van der Waals surface area contributed by atoms with Crippen LogP contribution in [-0.2, 0) is 6.42 Å². The van der Waals surface area contributed by atoms with Gasteiger partial charge in [0, 0.05) is 26.1 Å². The Bertz CT molecular complexity index is 1350. The van der Waals surface area contributed by atoms with Gasteiger partial charge in [-0.15, -0.1) is 11.3 Å². The molecule has 1 fully saturated rings. The van der Waals surface area contributed by atoms with Crippen molar-refractivity contribution in [3.05, 3.63) is 98.4 Å². The standard InChI is InChI=1S/C26H26N4O2S/c1-17-22-24(31)27-21(15-18-9-5-3-6-10-18)28-25(22)33-23(17)26(32)30-14-13-29(2)16-20(30)19-11-7-4-8-12-19/h3-12,20H,13-16H2,1-2H3,(H,27,28,31)/t20-/m0/s1.